The summed E-state index contributed by atoms with van der Waals surface area (Å²) < 4.78 is 24.5. The van der Waals surface area contributed by atoms with Gasteiger partial charge in [0.05, 0.1) is 6.42 Å². The van der Waals surface area contributed by atoms with Crippen LogP contribution >= 0.6 is 11.6 Å². The maximum Gasteiger partial charge on any atom is 0.325 e. The standard InChI is InChI=1S/C8H8ClF2N/c9-8(10,11)5-6-1-3-7(12)4-2-6/h1-4H,5,12H2. The second-order valence-electron chi connectivity index (χ2n) is 2.53. The number of nitrogen functional groups attached to an aromatic ring is 1. The smallest absolute Gasteiger partial charge is 0.325 e. The van der Waals surface area contributed by atoms with Gasteiger partial charge in [0.1, 0.15) is 0 Å². The van der Waals surface area contributed by atoms with Crippen molar-refractivity contribution in [3.05, 3.63) is 29.8 Å². The summed E-state index contributed by atoms with van der Waals surface area (Å²) >= 11 is 4.74. The Morgan fingerprint density at radius 2 is 1.75 bits per heavy atom. The van der Waals surface area contributed by atoms with Gasteiger partial charge in [0.15, 0.2) is 0 Å². The highest BCUT2D eigenvalue weighted by Gasteiger charge is 2.24. The molecule has 0 radical (unpaired) electrons. The molecule has 12 heavy (non-hydrogen) atoms. The van der Waals surface area contributed by atoms with Crippen molar-refractivity contribution in [1.29, 1.82) is 0 Å². The zero-order valence-electron chi connectivity index (χ0n) is 6.23. The Labute approximate surface area is 74.1 Å². The molecule has 0 unspecified atom stereocenters. The quantitative estimate of drug-likeness (QED) is 0.565. The van der Waals surface area contributed by atoms with Crippen molar-refractivity contribution in [3.63, 3.8) is 0 Å². The lowest BCUT2D eigenvalue weighted by atomic mass is 10.1. The Morgan fingerprint density at radius 1 is 1.25 bits per heavy atom. The number of rotatable bonds is 2. The molecule has 0 fully saturated rings. The third kappa shape index (κ3) is 3.05. The highest BCUT2D eigenvalue weighted by molar-refractivity contribution is 6.21. The Kier molecular flexibility index (Phi) is 2.52. The molecular weight excluding hydrogens is 184 g/mol. The largest absolute Gasteiger partial charge is 0.399 e. The molecular formula is C8H8ClF2N. The first-order chi connectivity index (χ1) is 5.47. The van der Waals surface area contributed by atoms with E-state index in [4.69, 9.17) is 17.3 Å². The van der Waals surface area contributed by atoms with Gasteiger partial charge in [0.25, 0.3) is 0 Å². The monoisotopic (exact) mass is 191 g/mol. The Balaban J connectivity index is 2.71. The minimum atomic E-state index is -3.17. The molecule has 0 saturated carbocycles. The van der Waals surface area contributed by atoms with E-state index in [-0.39, 0.29) is 0 Å². The molecule has 0 bridgehead atoms. The summed E-state index contributed by atoms with van der Waals surface area (Å²) in [5.74, 6) is 0. The zero-order valence-corrected chi connectivity index (χ0v) is 6.98. The van der Waals surface area contributed by atoms with Gasteiger partial charge >= 0.3 is 5.38 Å². The van der Waals surface area contributed by atoms with Gasteiger partial charge in [-0.25, -0.2) is 0 Å². The number of hydrogen-bond donors (Lipinski definition) is 1. The van der Waals surface area contributed by atoms with E-state index in [2.05, 4.69) is 0 Å². The number of anilines is 1. The number of hydrogen-bond acceptors (Lipinski definition) is 1. The molecule has 2 N–H and O–H groups in total. The molecule has 0 heterocycles. The fraction of sp³-hybridized carbons (Fsp3) is 0.250. The van der Waals surface area contributed by atoms with E-state index < -0.39 is 11.8 Å². The highest BCUT2D eigenvalue weighted by atomic mass is 35.5. The molecule has 0 aliphatic carbocycles. The molecule has 1 nitrogen and oxygen atoms in total. The van der Waals surface area contributed by atoms with Crippen LogP contribution in [-0.2, 0) is 6.42 Å². The zero-order chi connectivity index (χ0) is 9.19. The lowest BCUT2D eigenvalue weighted by Gasteiger charge is -2.07. The van der Waals surface area contributed by atoms with Gasteiger partial charge in [-0.1, -0.05) is 12.1 Å². The van der Waals surface area contributed by atoms with E-state index in [9.17, 15) is 8.78 Å². The molecule has 1 aromatic rings. The van der Waals surface area contributed by atoms with Crippen LogP contribution in [0, 0.1) is 0 Å². The topological polar surface area (TPSA) is 26.0 Å². The fourth-order valence-electron chi connectivity index (χ4n) is 0.867. The average Bonchev–Trinajstić information content (AvgIpc) is 1.91. The average molecular weight is 192 g/mol. The lowest BCUT2D eigenvalue weighted by molar-refractivity contribution is 0.0970. The van der Waals surface area contributed by atoms with Crippen LogP contribution in [0.2, 0.25) is 0 Å². The molecule has 0 saturated heterocycles. The van der Waals surface area contributed by atoms with Gasteiger partial charge in [-0.15, -0.1) is 0 Å². The summed E-state index contributed by atoms with van der Waals surface area (Å²) in [6.45, 7) is 0. The summed E-state index contributed by atoms with van der Waals surface area (Å²) in [5.41, 5.74) is 6.40. The van der Waals surface area contributed by atoms with Crippen molar-refractivity contribution >= 4 is 17.3 Å². The molecule has 0 aromatic heterocycles. The van der Waals surface area contributed by atoms with Crippen molar-refractivity contribution in [3.8, 4) is 0 Å². The molecule has 0 aliphatic heterocycles. The normalized spacial score (nSPS) is 11.6. The van der Waals surface area contributed by atoms with E-state index in [1.54, 1.807) is 12.1 Å². The van der Waals surface area contributed by atoms with Crippen LogP contribution in [0.3, 0.4) is 0 Å². The number of benzene rings is 1. The minimum absolute atomic E-state index is 0.463. The van der Waals surface area contributed by atoms with E-state index in [1.165, 1.54) is 12.1 Å². The maximum absolute atomic E-state index is 12.2. The van der Waals surface area contributed by atoms with Crippen LogP contribution in [0.25, 0.3) is 0 Å². The Morgan fingerprint density at radius 3 is 2.17 bits per heavy atom. The third-order valence-corrected chi connectivity index (χ3v) is 1.52. The van der Waals surface area contributed by atoms with Gasteiger partial charge in [0.2, 0.25) is 0 Å². The van der Waals surface area contributed by atoms with Crippen LogP contribution in [0.5, 0.6) is 0 Å². The summed E-state index contributed by atoms with van der Waals surface area (Å²) in [5, 5.41) is -3.17. The summed E-state index contributed by atoms with van der Waals surface area (Å²) in [4.78, 5) is 0. The van der Waals surface area contributed by atoms with Crippen LogP contribution < -0.4 is 5.73 Å². The molecule has 1 rings (SSSR count). The maximum atomic E-state index is 12.2. The second-order valence-corrected chi connectivity index (χ2v) is 3.09. The van der Waals surface area contributed by atoms with E-state index in [0.29, 0.717) is 11.3 Å². The predicted octanol–water partition coefficient (Wildman–Crippen LogP) is 2.64. The van der Waals surface area contributed by atoms with Gasteiger partial charge < -0.3 is 5.73 Å². The third-order valence-electron chi connectivity index (χ3n) is 1.38. The highest BCUT2D eigenvalue weighted by Crippen LogP contribution is 2.24. The molecule has 4 heteroatoms. The van der Waals surface area contributed by atoms with Gasteiger partial charge in [0, 0.05) is 5.69 Å². The summed E-state index contributed by atoms with van der Waals surface area (Å²) in [6.07, 6.45) is -0.463. The summed E-state index contributed by atoms with van der Waals surface area (Å²) in [7, 11) is 0. The first-order valence-corrected chi connectivity index (χ1v) is 3.76. The summed E-state index contributed by atoms with van der Waals surface area (Å²) in [6, 6.07) is 6.20. The SMILES string of the molecule is Nc1ccc(CC(F)(F)Cl)cc1. The first-order valence-electron chi connectivity index (χ1n) is 3.38. The predicted molar refractivity (Wildman–Crippen MR) is 45.4 cm³/mol. The Bertz CT molecular complexity index is 253. The first kappa shape index (κ1) is 9.26. The van der Waals surface area contributed by atoms with Crippen LogP contribution in [0.4, 0.5) is 14.5 Å². The van der Waals surface area contributed by atoms with Crippen molar-refractivity contribution in [2.75, 3.05) is 5.73 Å². The van der Waals surface area contributed by atoms with E-state index in [1.807, 2.05) is 0 Å². The van der Waals surface area contributed by atoms with Gasteiger partial charge in [-0.05, 0) is 29.3 Å². The number of alkyl halides is 3. The fourth-order valence-corrected chi connectivity index (χ4v) is 1.02. The van der Waals surface area contributed by atoms with Crippen LogP contribution in [0.15, 0.2) is 24.3 Å². The molecule has 1 aromatic carbocycles. The van der Waals surface area contributed by atoms with Crippen molar-refractivity contribution in [1.82, 2.24) is 0 Å². The van der Waals surface area contributed by atoms with Gasteiger partial charge in [-0.3, -0.25) is 0 Å². The van der Waals surface area contributed by atoms with Crippen molar-refractivity contribution < 1.29 is 8.78 Å². The van der Waals surface area contributed by atoms with Crippen molar-refractivity contribution in [2.24, 2.45) is 0 Å². The van der Waals surface area contributed by atoms with Gasteiger partial charge in [-0.2, -0.15) is 8.78 Å². The minimum Gasteiger partial charge on any atom is -0.399 e. The molecule has 0 spiro atoms. The molecule has 0 aliphatic rings. The molecule has 0 amide bonds. The Hall–Kier alpha value is -0.830. The number of halogens is 3. The van der Waals surface area contributed by atoms with Crippen LogP contribution in [0.1, 0.15) is 5.56 Å². The van der Waals surface area contributed by atoms with E-state index >= 15 is 0 Å². The van der Waals surface area contributed by atoms with E-state index in [0.717, 1.165) is 0 Å². The molecule has 66 valence electrons. The lowest BCUT2D eigenvalue weighted by Crippen LogP contribution is -2.09. The number of nitrogens with two attached hydrogens (primary N) is 1. The second kappa shape index (κ2) is 3.27. The van der Waals surface area contributed by atoms with Crippen molar-refractivity contribution in [2.45, 2.75) is 11.8 Å². The van der Waals surface area contributed by atoms with Crippen LogP contribution in [-0.4, -0.2) is 5.38 Å². The molecule has 0 atom stereocenters.